The highest BCUT2D eigenvalue weighted by molar-refractivity contribution is 5.47. The van der Waals surface area contributed by atoms with Crippen LogP contribution in [0, 0.1) is 0 Å². The topological polar surface area (TPSA) is 44.3 Å². The van der Waals surface area contributed by atoms with E-state index in [9.17, 15) is 18.3 Å². The van der Waals surface area contributed by atoms with Crippen LogP contribution in [0.2, 0.25) is 0 Å². The quantitative estimate of drug-likeness (QED) is 0.730. The van der Waals surface area contributed by atoms with Crippen molar-refractivity contribution in [2.24, 2.45) is 0 Å². The van der Waals surface area contributed by atoms with Crippen LogP contribution < -0.4 is 10.6 Å². The van der Waals surface area contributed by atoms with E-state index in [0.29, 0.717) is 0 Å². The molecule has 1 aliphatic heterocycles. The summed E-state index contributed by atoms with van der Waals surface area (Å²) in [6, 6.07) is 4.72. The highest BCUT2D eigenvalue weighted by Crippen LogP contribution is 2.30. The smallest absolute Gasteiger partial charge is 0.372 e. The molecule has 0 saturated carbocycles. The average molecular weight is 260 g/mol. The summed E-state index contributed by atoms with van der Waals surface area (Å²) in [6.45, 7) is 0.825. The molecule has 1 fully saturated rings. The second-order valence-electron chi connectivity index (χ2n) is 4.37. The van der Waals surface area contributed by atoms with Crippen molar-refractivity contribution in [3.63, 3.8) is 0 Å². The SMILES string of the molecule is OC(Nc1cccc(C(F)(F)F)c1)[C@@H]1CCCN1. The molecule has 1 aromatic carbocycles. The van der Waals surface area contributed by atoms with Gasteiger partial charge in [0.25, 0.3) is 0 Å². The van der Waals surface area contributed by atoms with Gasteiger partial charge in [0.1, 0.15) is 6.23 Å². The van der Waals surface area contributed by atoms with E-state index >= 15 is 0 Å². The van der Waals surface area contributed by atoms with E-state index in [0.717, 1.165) is 31.5 Å². The van der Waals surface area contributed by atoms with Crippen LogP contribution in [0.25, 0.3) is 0 Å². The van der Waals surface area contributed by atoms with E-state index in [4.69, 9.17) is 0 Å². The van der Waals surface area contributed by atoms with Crippen molar-refractivity contribution in [2.75, 3.05) is 11.9 Å². The van der Waals surface area contributed by atoms with Gasteiger partial charge < -0.3 is 15.7 Å². The number of rotatable bonds is 3. The average Bonchev–Trinajstić information content (AvgIpc) is 2.81. The molecule has 0 radical (unpaired) electrons. The van der Waals surface area contributed by atoms with Gasteiger partial charge in [0.05, 0.1) is 11.6 Å². The van der Waals surface area contributed by atoms with Crippen LogP contribution in [-0.2, 0) is 6.18 Å². The summed E-state index contributed by atoms with van der Waals surface area (Å²) >= 11 is 0. The molecule has 0 aliphatic carbocycles. The number of benzene rings is 1. The van der Waals surface area contributed by atoms with E-state index < -0.39 is 18.0 Å². The van der Waals surface area contributed by atoms with E-state index in [1.165, 1.54) is 12.1 Å². The molecule has 1 aliphatic rings. The lowest BCUT2D eigenvalue weighted by atomic mass is 10.1. The Labute approximate surface area is 103 Å². The lowest BCUT2D eigenvalue weighted by Gasteiger charge is -2.21. The maximum absolute atomic E-state index is 12.5. The highest BCUT2D eigenvalue weighted by atomic mass is 19.4. The summed E-state index contributed by atoms with van der Waals surface area (Å²) in [5.41, 5.74) is -0.454. The van der Waals surface area contributed by atoms with Crippen molar-refractivity contribution in [2.45, 2.75) is 31.3 Å². The summed E-state index contributed by atoms with van der Waals surface area (Å²) < 4.78 is 37.5. The standard InChI is InChI=1S/C12H15F3N2O/c13-12(14,15)8-3-1-4-9(7-8)17-11(18)10-5-2-6-16-10/h1,3-4,7,10-11,16-18H,2,5-6H2/t10-,11?/m0/s1. The summed E-state index contributed by atoms with van der Waals surface area (Å²) in [5.74, 6) is 0. The van der Waals surface area contributed by atoms with Crippen LogP contribution in [-0.4, -0.2) is 23.9 Å². The van der Waals surface area contributed by atoms with Gasteiger partial charge in [0.2, 0.25) is 0 Å². The molecular weight excluding hydrogens is 245 g/mol. The number of alkyl halides is 3. The minimum absolute atomic E-state index is 0.112. The van der Waals surface area contributed by atoms with Gasteiger partial charge in [-0.25, -0.2) is 0 Å². The van der Waals surface area contributed by atoms with Gasteiger partial charge in [-0.3, -0.25) is 0 Å². The largest absolute Gasteiger partial charge is 0.416 e. The van der Waals surface area contributed by atoms with Crippen LogP contribution in [0.4, 0.5) is 18.9 Å². The zero-order valence-corrected chi connectivity index (χ0v) is 9.67. The fourth-order valence-electron chi connectivity index (χ4n) is 2.04. The maximum atomic E-state index is 12.5. The van der Waals surface area contributed by atoms with Gasteiger partial charge in [0, 0.05) is 5.69 Å². The molecule has 0 aromatic heterocycles. The Hall–Kier alpha value is -1.27. The third-order valence-corrected chi connectivity index (χ3v) is 2.98. The van der Waals surface area contributed by atoms with Gasteiger partial charge in [0.15, 0.2) is 0 Å². The molecule has 18 heavy (non-hydrogen) atoms. The van der Waals surface area contributed by atoms with Gasteiger partial charge in [-0.1, -0.05) is 6.07 Å². The zero-order valence-electron chi connectivity index (χ0n) is 9.67. The Morgan fingerprint density at radius 2 is 2.17 bits per heavy atom. The van der Waals surface area contributed by atoms with Gasteiger partial charge >= 0.3 is 6.18 Å². The first-order chi connectivity index (χ1) is 8.47. The molecule has 6 heteroatoms. The highest BCUT2D eigenvalue weighted by Gasteiger charge is 2.30. The molecule has 1 unspecified atom stereocenters. The molecule has 1 aromatic rings. The summed E-state index contributed by atoms with van der Waals surface area (Å²) in [6.07, 6.45) is -3.47. The Bertz CT molecular complexity index is 403. The summed E-state index contributed by atoms with van der Waals surface area (Å²) in [5, 5.41) is 15.6. The molecule has 1 saturated heterocycles. The monoisotopic (exact) mass is 260 g/mol. The Morgan fingerprint density at radius 1 is 1.39 bits per heavy atom. The number of hydrogen-bond acceptors (Lipinski definition) is 3. The predicted octanol–water partition coefficient (Wildman–Crippen LogP) is 2.19. The molecule has 3 N–H and O–H groups in total. The number of hydrogen-bond donors (Lipinski definition) is 3. The minimum Gasteiger partial charge on any atom is -0.372 e. The summed E-state index contributed by atoms with van der Waals surface area (Å²) in [7, 11) is 0. The van der Waals surface area contributed by atoms with Crippen LogP contribution in [0.1, 0.15) is 18.4 Å². The molecule has 0 amide bonds. The number of halogens is 3. The normalized spacial score (nSPS) is 21.9. The van der Waals surface area contributed by atoms with Crippen molar-refractivity contribution in [3.05, 3.63) is 29.8 Å². The molecule has 3 nitrogen and oxygen atoms in total. The van der Waals surface area contributed by atoms with Crippen LogP contribution >= 0.6 is 0 Å². The van der Waals surface area contributed by atoms with Crippen molar-refractivity contribution in [1.82, 2.24) is 5.32 Å². The van der Waals surface area contributed by atoms with Crippen LogP contribution in [0.5, 0.6) is 0 Å². The number of anilines is 1. The van der Waals surface area contributed by atoms with Crippen LogP contribution in [0.3, 0.4) is 0 Å². The lowest BCUT2D eigenvalue weighted by Crippen LogP contribution is -2.39. The third-order valence-electron chi connectivity index (χ3n) is 2.98. The molecule has 1 heterocycles. The van der Waals surface area contributed by atoms with E-state index in [1.807, 2.05) is 0 Å². The fraction of sp³-hybridized carbons (Fsp3) is 0.500. The first kappa shape index (κ1) is 13.2. The molecular formula is C12H15F3N2O. The Balaban J connectivity index is 2.04. The fourth-order valence-corrected chi connectivity index (χ4v) is 2.04. The minimum atomic E-state index is -4.37. The molecule has 0 spiro atoms. The van der Waals surface area contributed by atoms with Crippen molar-refractivity contribution >= 4 is 5.69 Å². The molecule has 0 bridgehead atoms. The molecule has 100 valence electrons. The predicted molar refractivity (Wildman–Crippen MR) is 62.1 cm³/mol. The molecule has 2 atom stereocenters. The van der Waals surface area contributed by atoms with Crippen molar-refractivity contribution in [3.8, 4) is 0 Å². The zero-order chi connectivity index (χ0) is 13.2. The molecule has 2 rings (SSSR count). The van der Waals surface area contributed by atoms with E-state index in [2.05, 4.69) is 10.6 Å². The second kappa shape index (κ2) is 5.16. The first-order valence-electron chi connectivity index (χ1n) is 5.82. The third kappa shape index (κ3) is 3.14. The van der Waals surface area contributed by atoms with Gasteiger partial charge in [-0.2, -0.15) is 13.2 Å². The van der Waals surface area contributed by atoms with Gasteiger partial charge in [-0.15, -0.1) is 0 Å². The second-order valence-corrected chi connectivity index (χ2v) is 4.37. The maximum Gasteiger partial charge on any atom is 0.416 e. The van der Waals surface area contributed by atoms with E-state index in [-0.39, 0.29) is 11.7 Å². The number of aliphatic hydroxyl groups is 1. The van der Waals surface area contributed by atoms with E-state index in [1.54, 1.807) is 0 Å². The Kier molecular flexibility index (Phi) is 3.77. The van der Waals surface area contributed by atoms with Crippen LogP contribution in [0.15, 0.2) is 24.3 Å². The van der Waals surface area contributed by atoms with Gasteiger partial charge in [-0.05, 0) is 37.6 Å². The van der Waals surface area contributed by atoms with Crippen molar-refractivity contribution in [1.29, 1.82) is 0 Å². The van der Waals surface area contributed by atoms with Crippen molar-refractivity contribution < 1.29 is 18.3 Å². The number of aliphatic hydroxyl groups excluding tert-OH is 1. The first-order valence-corrected chi connectivity index (χ1v) is 5.82. The number of nitrogens with one attached hydrogen (secondary N) is 2. The lowest BCUT2D eigenvalue weighted by molar-refractivity contribution is -0.137. The summed E-state index contributed by atoms with van der Waals surface area (Å²) in [4.78, 5) is 0. The Morgan fingerprint density at radius 3 is 2.78 bits per heavy atom.